The predicted octanol–water partition coefficient (Wildman–Crippen LogP) is 0.0309. The van der Waals surface area contributed by atoms with Gasteiger partial charge in [-0.25, -0.2) is 0 Å². The van der Waals surface area contributed by atoms with Crippen molar-refractivity contribution in [2.45, 2.75) is 30.8 Å². The van der Waals surface area contributed by atoms with Gasteiger partial charge in [-0.15, -0.1) is 0 Å². The Morgan fingerprint density at radius 3 is 0.762 bits per heavy atom. The molecule has 63 heavy (non-hydrogen) atoms. The van der Waals surface area contributed by atoms with Gasteiger partial charge in [0.15, 0.2) is 0 Å². The van der Waals surface area contributed by atoms with Gasteiger partial charge in [-0.1, -0.05) is 0 Å². The number of carbonyl (C=O) groups is 6. The van der Waals surface area contributed by atoms with Crippen molar-refractivity contribution in [3.8, 4) is 0 Å². The lowest BCUT2D eigenvalue weighted by Crippen LogP contribution is -2.40. The van der Waals surface area contributed by atoms with Crippen molar-refractivity contribution in [3.63, 3.8) is 0 Å². The first-order valence-corrected chi connectivity index (χ1v) is 24.8. The molecule has 0 radical (unpaired) electrons. The Balaban J connectivity index is 2.83. The highest BCUT2D eigenvalue weighted by molar-refractivity contribution is 14.1. The monoisotopic (exact) mass is 1560 g/mol. The van der Waals surface area contributed by atoms with Gasteiger partial charge in [0.2, 0.25) is 11.8 Å². The number of hydrogen-bond acceptors (Lipinski definition) is 14. The summed E-state index contributed by atoms with van der Waals surface area (Å²) in [5, 5.41) is 78.1. The predicted molar refractivity (Wildman–Crippen MR) is 281 cm³/mol. The molecule has 0 aliphatic heterocycles. The van der Waals surface area contributed by atoms with Crippen LogP contribution in [0.15, 0.2) is 0 Å². The highest BCUT2D eigenvalue weighted by atomic mass is 127. The second-order valence-corrected chi connectivity index (χ2v) is 20.7. The van der Waals surface area contributed by atoms with Crippen LogP contribution in [0, 0.1) is 21.4 Å². The molecule has 0 saturated carbocycles. The number of halogens is 6. The summed E-state index contributed by atoms with van der Waals surface area (Å²) in [4.78, 5) is 91.2. The average Bonchev–Trinajstić information content (AvgIpc) is 3.22. The van der Waals surface area contributed by atoms with Crippen molar-refractivity contribution in [2.75, 3.05) is 105 Å². The molecule has 0 aliphatic rings. The van der Waals surface area contributed by atoms with Gasteiger partial charge in [-0.2, -0.15) is 0 Å². The molecule has 2 aromatic carbocycles. The van der Waals surface area contributed by atoms with Gasteiger partial charge in [0.1, 0.15) is 6.42 Å². The number of benzene rings is 2. The third-order valence-electron chi connectivity index (χ3n) is 9.33. The van der Waals surface area contributed by atoms with E-state index < -0.39 is 92.7 Å². The highest BCUT2D eigenvalue weighted by Gasteiger charge is 2.36. The second-order valence-electron chi connectivity index (χ2n) is 14.3. The molecule has 0 bridgehead atoms. The number of anilines is 2. The minimum atomic E-state index is -1.29. The maximum absolute atomic E-state index is 14.2. The summed E-state index contributed by atoms with van der Waals surface area (Å²) in [5.41, 5.74) is -0.00801. The number of nitrogens with zero attached hydrogens (tertiary/aromatic N) is 6. The van der Waals surface area contributed by atoms with Crippen LogP contribution in [0.25, 0.3) is 0 Å². The van der Waals surface area contributed by atoms with Crippen LogP contribution in [0.2, 0.25) is 0 Å². The van der Waals surface area contributed by atoms with Crippen molar-refractivity contribution in [1.82, 2.24) is 19.6 Å². The Hall–Kier alpha value is -0.680. The number of rotatable bonds is 20. The zero-order valence-electron chi connectivity index (χ0n) is 34.7. The third kappa shape index (κ3) is 14.2. The highest BCUT2D eigenvalue weighted by Crippen LogP contribution is 2.41. The maximum atomic E-state index is 14.2. The molecule has 352 valence electrons. The first kappa shape index (κ1) is 58.4. The van der Waals surface area contributed by atoms with Crippen LogP contribution in [0.4, 0.5) is 11.4 Å². The molecule has 2 aromatic rings. The van der Waals surface area contributed by atoms with E-state index >= 15 is 0 Å². The van der Waals surface area contributed by atoms with E-state index in [1.165, 1.54) is 42.3 Å². The van der Waals surface area contributed by atoms with Crippen molar-refractivity contribution in [2.24, 2.45) is 0 Å². The van der Waals surface area contributed by atoms with Crippen molar-refractivity contribution in [3.05, 3.63) is 43.7 Å². The van der Waals surface area contributed by atoms with Crippen molar-refractivity contribution in [1.29, 1.82) is 0 Å². The maximum Gasteiger partial charge on any atom is 0.255 e. The number of hydrogen-bond donors (Lipinski definition) is 8. The summed E-state index contributed by atoms with van der Waals surface area (Å²) in [6, 6.07) is 0. The Labute approximate surface area is 445 Å². The van der Waals surface area contributed by atoms with Crippen LogP contribution in [-0.2, 0) is 9.59 Å². The Morgan fingerprint density at radius 2 is 0.587 bits per heavy atom. The van der Waals surface area contributed by atoms with Gasteiger partial charge in [0.25, 0.3) is 23.6 Å². The molecule has 4 unspecified atom stereocenters. The van der Waals surface area contributed by atoms with E-state index in [2.05, 4.69) is 0 Å². The standard InChI is InChI=1S/C37H48I6N6O14/c1-44(8-16(54)12-50)34(60)22-26(38)23(35(61)45(2)9-17(55)13-51)29(41)32(28(22)40)48(5)20(58)7-21(59)49(6)33-30(42)24(36(62)46(3)10-18(56)14-52)27(39)25(31(33)43)37(63)47(4)11-19(57)15-53/h16-19,50-57H,7-15H2,1-6H3. The quantitative estimate of drug-likeness (QED) is 0.0642. The smallest absolute Gasteiger partial charge is 0.255 e. The van der Waals surface area contributed by atoms with Crippen molar-refractivity contribution >= 4 is 182 Å². The molecule has 2 rings (SSSR count). The molecule has 0 fully saturated rings. The molecular formula is C37H48I6N6O14. The summed E-state index contributed by atoms with van der Waals surface area (Å²) in [5.74, 6) is -4.33. The number of likely N-dealkylation sites (N-methyl/N-ethyl adjacent to an activating group) is 4. The molecule has 0 aromatic heterocycles. The zero-order valence-corrected chi connectivity index (χ0v) is 47.6. The SMILES string of the molecule is CN(CC(O)CO)C(=O)c1c(I)c(C(=O)N(C)CC(O)CO)c(I)c(N(C)C(=O)CC(=O)N(C)c2c(I)c(C(=O)N(C)CC(O)CO)c(I)c(C(=O)N(C)CC(O)CO)c2I)c1I. The lowest BCUT2D eigenvalue weighted by Gasteiger charge is -2.30. The summed E-state index contributed by atoms with van der Waals surface area (Å²) < 4.78 is 1.12. The van der Waals surface area contributed by atoms with E-state index in [4.69, 9.17) is 0 Å². The fraction of sp³-hybridized carbons (Fsp3) is 0.514. The average molecular weight is 1560 g/mol. The Bertz CT molecular complexity index is 1810. The van der Waals surface area contributed by atoms with Gasteiger partial charge in [0, 0.05) is 75.6 Å². The molecule has 26 heteroatoms. The van der Waals surface area contributed by atoms with E-state index in [0.717, 1.165) is 29.4 Å². The van der Waals surface area contributed by atoms with Gasteiger partial charge < -0.3 is 70.3 Å². The molecule has 8 N–H and O–H groups in total. The van der Waals surface area contributed by atoms with Crippen LogP contribution < -0.4 is 9.80 Å². The lowest BCUT2D eigenvalue weighted by atomic mass is 10.0. The largest absolute Gasteiger partial charge is 0.394 e. The van der Waals surface area contributed by atoms with Crippen LogP contribution >= 0.6 is 136 Å². The number of aliphatic hydroxyl groups excluding tert-OH is 8. The van der Waals surface area contributed by atoms with E-state index in [-0.39, 0.29) is 81.2 Å². The molecule has 0 saturated heterocycles. The molecule has 0 heterocycles. The molecule has 0 aliphatic carbocycles. The van der Waals surface area contributed by atoms with Crippen LogP contribution in [0.5, 0.6) is 0 Å². The van der Waals surface area contributed by atoms with E-state index in [1.54, 1.807) is 0 Å². The minimum Gasteiger partial charge on any atom is -0.394 e. The number of aliphatic hydroxyl groups is 8. The fourth-order valence-corrected chi connectivity index (χ4v) is 15.5. The summed E-state index contributed by atoms with van der Waals surface area (Å²) in [6.07, 6.45) is -5.99. The number of carbonyl (C=O) groups excluding carboxylic acids is 6. The topological polar surface area (TPSA) is 284 Å². The van der Waals surface area contributed by atoms with Crippen molar-refractivity contribution < 1.29 is 69.6 Å². The Kier molecular flexibility index (Phi) is 24.3. The number of amides is 6. The first-order valence-electron chi connectivity index (χ1n) is 18.4. The van der Waals surface area contributed by atoms with Gasteiger partial charge in [-0.3, -0.25) is 28.8 Å². The van der Waals surface area contributed by atoms with Crippen LogP contribution in [-0.4, -0.2) is 215 Å². The van der Waals surface area contributed by atoms with E-state index in [1.807, 2.05) is 136 Å². The van der Waals surface area contributed by atoms with Crippen LogP contribution in [0.3, 0.4) is 0 Å². The second kappa shape index (κ2) is 26.2. The fourth-order valence-electron chi connectivity index (χ4n) is 5.85. The first-order chi connectivity index (χ1) is 29.2. The van der Waals surface area contributed by atoms with E-state index in [0.29, 0.717) is 0 Å². The van der Waals surface area contributed by atoms with Crippen LogP contribution in [0.1, 0.15) is 47.9 Å². The summed E-state index contributed by atoms with van der Waals surface area (Å²) in [6.45, 7) is -3.72. The molecule has 0 spiro atoms. The lowest BCUT2D eigenvalue weighted by molar-refractivity contribution is -0.126. The van der Waals surface area contributed by atoms with Gasteiger partial charge >= 0.3 is 0 Å². The van der Waals surface area contributed by atoms with Gasteiger partial charge in [-0.05, 0) is 136 Å². The summed E-state index contributed by atoms with van der Waals surface area (Å²) in [7, 11) is 8.16. The zero-order chi connectivity index (χ0) is 48.5. The van der Waals surface area contributed by atoms with E-state index in [9.17, 15) is 69.6 Å². The third-order valence-corrected chi connectivity index (χ3v) is 15.7. The normalized spacial score (nSPS) is 13.1. The molecular weight excluding hydrogens is 1510 g/mol. The molecule has 6 amide bonds. The Morgan fingerprint density at radius 1 is 0.397 bits per heavy atom. The minimum absolute atomic E-state index is 0.0350. The summed E-state index contributed by atoms with van der Waals surface area (Å²) >= 11 is 11.0. The van der Waals surface area contributed by atoms with Gasteiger partial charge in [0.05, 0.1) is 98.8 Å². The molecule has 20 nitrogen and oxygen atoms in total. The molecule has 4 atom stereocenters.